The van der Waals surface area contributed by atoms with E-state index in [4.69, 9.17) is 106 Å². The zero-order chi connectivity index (χ0) is 41.1. The first-order chi connectivity index (χ1) is 27.7. The molecule has 0 saturated carbocycles. The van der Waals surface area contributed by atoms with Crippen molar-refractivity contribution in [2.24, 2.45) is 0 Å². The Morgan fingerprint density at radius 3 is 1.19 bits per heavy atom. The Morgan fingerprint density at radius 1 is 0.259 bits per heavy atom. The van der Waals surface area contributed by atoms with Crippen LogP contribution < -0.4 is 71.0 Å². The van der Waals surface area contributed by atoms with E-state index in [-0.39, 0.29) is 82.1 Å². The summed E-state index contributed by atoms with van der Waals surface area (Å²) in [6, 6.07) is 30.1. The summed E-state index contributed by atoms with van der Waals surface area (Å²) in [5, 5.41) is 3.30. The zero-order valence-electron chi connectivity index (χ0n) is 31.1. The van der Waals surface area contributed by atoms with E-state index >= 15 is 0 Å². The van der Waals surface area contributed by atoms with Crippen molar-refractivity contribution in [1.29, 1.82) is 0 Å². The van der Waals surface area contributed by atoms with Crippen molar-refractivity contribution in [3.63, 3.8) is 0 Å². The number of rotatable bonds is 4. The summed E-state index contributed by atoms with van der Waals surface area (Å²) in [6.07, 6.45) is 0. The highest BCUT2D eigenvalue weighted by atomic mass is 16.3. The van der Waals surface area contributed by atoms with E-state index in [1.165, 1.54) is 0 Å². The molecule has 14 heteroatoms. The fourth-order valence-electron chi connectivity index (χ4n) is 8.38. The maximum absolute atomic E-state index is 6.96. The molecule has 0 N–H and O–H groups in total. The summed E-state index contributed by atoms with van der Waals surface area (Å²) in [7, 11) is 86.6. The van der Waals surface area contributed by atoms with Crippen molar-refractivity contribution in [2.45, 2.75) is 0 Å². The van der Waals surface area contributed by atoms with Gasteiger partial charge in [0.05, 0.1) is 0 Å². The van der Waals surface area contributed by atoms with Crippen LogP contribution in [0.15, 0.2) is 95.4 Å². The van der Waals surface area contributed by atoms with Gasteiger partial charge in [-0.15, -0.1) is 38.2 Å². The van der Waals surface area contributed by atoms with E-state index in [0.29, 0.717) is 32.7 Å². The SMILES string of the molecule is [B]c1c([B])c([B])c(-c2c3c([B])c([B])c([B])c([B])c3c(-c3ccc(-c4c(-c5ccccc5)ccc5oc6ccccc6c45)cc3)c3c([B])c([B])c([B])c([B])c23)c([B])c1[B]. The second-order valence-corrected chi connectivity index (χ2v) is 14.4. The van der Waals surface area contributed by atoms with E-state index in [1.807, 2.05) is 66.7 Å². The largest absolute Gasteiger partial charge is 0.456 e. The minimum Gasteiger partial charge on any atom is -0.456 e. The van der Waals surface area contributed by atoms with Gasteiger partial charge in [-0.05, 0) is 72.6 Å². The summed E-state index contributed by atoms with van der Waals surface area (Å²) >= 11 is 0. The summed E-state index contributed by atoms with van der Waals surface area (Å²) in [5.74, 6) is 0. The van der Waals surface area contributed by atoms with E-state index in [0.717, 1.165) is 44.2 Å². The Hall–Kier alpha value is -5.08. The average molecular weight is 700 g/mol. The number of benzene rings is 8. The molecule has 1 nitrogen and oxygen atoms in total. The van der Waals surface area contributed by atoms with Gasteiger partial charge >= 0.3 is 0 Å². The van der Waals surface area contributed by atoms with Crippen LogP contribution in [0, 0.1) is 0 Å². The molecular formula is C44H15B13O. The summed E-state index contributed by atoms with van der Waals surface area (Å²) < 4.78 is 6.33. The summed E-state index contributed by atoms with van der Waals surface area (Å²) in [5.41, 5.74) is 7.49. The molecule has 0 saturated heterocycles. The normalized spacial score (nSPS) is 11.7. The van der Waals surface area contributed by atoms with Gasteiger partial charge in [0, 0.05) is 16.3 Å². The third-order valence-electron chi connectivity index (χ3n) is 11.4. The molecule has 0 bridgehead atoms. The fourth-order valence-corrected chi connectivity index (χ4v) is 8.38. The first-order valence-electron chi connectivity index (χ1n) is 18.1. The first-order valence-corrected chi connectivity index (χ1v) is 18.1. The highest BCUT2D eigenvalue weighted by Crippen LogP contribution is 2.44. The molecule has 1 aromatic heterocycles. The van der Waals surface area contributed by atoms with Crippen molar-refractivity contribution in [2.75, 3.05) is 0 Å². The van der Waals surface area contributed by atoms with Crippen LogP contribution in [0.1, 0.15) is 0 Å². The van der Waals surface area contributed by atoms with Gasteiger partial charge in [0.2, 0.25) is 0 Å². The highest BCUT2D eigenvalue weighted by molar-refractivity contribution is 6.73. The second-order valence-electron chi connectivity index (χ2n) is 14.4. The van der Waals surface area contributed by atoms with Crippen LogP contribution in [0.3, 0.4) is 0 Å². The van der Waals surface area contributed by atoms with E-state index < -0.39 is 0 Å². The molecule has 9 aromatic rings. The molecule has 0 spiro atoms. The molecule has 26 radical (unpaired) electrons. The smallest absolute Gasteiger partial charge is 0.136 e. The molecule has 0 fully saturated rings. The third-order valence-corrected chi connectivity index (χ3v) is 11.4. The summed E-state index contributed by atoms with van der Waals surface area (Å²) in [6.45, 7) is 0. The minimum atomic E-state index is -0.0112. The Labute approximate surface area is 354 Å². The Balaban J connectivity index is 1.44. The fraction of sp³-hybridized carbons (Fsp3) is 0. The van der Waals surface area contributed by atoms with Crippen LogP contribution in [0.5, 0.6) is 0 Å². The number of para-hydroxylation sites is 1. The van der Waals surface area contributed by atoms with Crippen molar-refractivity contribution >= 4 is 217 Å². The maximum Gasteiger partial charge on any atom is 0.136 e. The lowest BCUT2D eigenvalue weighted by Gasteiger charge is -2.31. The van der Waals surface area contributed by atoms with Gasteiger partial charge in [0.15, 0.2) is 0 Å². The lowest BCUT2D eigenvalue weighted by atomic mass is 9.56. The topological polar surface area (TPSA) is 13.1 Å². The highest BCUT2D eigenvalue weighted by Gasteiger charge is 2.27. The predicted molar refractivity (Wildman–Crippen MR) is 261 cm³/mol. The molecule has 236 valence electrons. The lowest BCUT2D eigenvalue weighted by molar-refractivity contribution is 0.669. The van der Waals surface area contributed by atoms with Crippen molar-refractivity contribution in [1.82, 2.24) is 0 Å². The van der Waals surface area contributed by atoms with Crippen molar-refractivity contribution in [3.05, 3.63) is 91.0 Å². The molecule has 8 aromatic carbocycles. The van der Waals surface area contributed by atoms with Crippen molar-refractivity contribution < 1.29 is 4.42 Å². The molecule has 0 aliphatic heterocycles. The Kier molecular flexibility index (Phi) is 9.31. The summed E-state index contributed by atoms with van der Waals surface area (Å²) in [4.78, 5) is 0. The standard InChI is InChI=1S/C44H15B13O/c45-32-27-24(18-12-10-17(11-13-18)23-19(16-6-2-1-3-7-16)14-15-22-25(23)20-8-4-5-9-21(20)58-22)28-30(35(48)41(54)39(52)33(28)46)26(29(27)34(47)40(53)38(32)51)31-36(49)42(55)44(57)43(56)37(31)50/h1-15H. The molecule has 0 amide bonds. The van der Waals surface area contributed by atoms with Gasteiger partial charge in [-0.25, -0.2) is 0 Å². The molecule has 0 aliphatic carbocycles. The van der Waals surface area contributed by atoms with E-state index in [2.05, 4.69) is 24.3 Å². The van der Waals surface area contributed by atoms with Crippen molar-refractivity contribution in [3.8, 4) is 44.5 Å². The van der Waals surface area contributed by atoms with E-state index in [1.54, 1.807) is 0 Å². The number of hydrogen-bond donors (Lipinski definition) is 0. The average Bonchev–Trinajstić information content (AvgIpc) is 3.63. The van der Waals surface area contributed by atoms with Crippen LogP contribution >= 0.6 is 0 Å². The minimum absolute atomic E-state index is 0.000746. The number of fused-ring (bicyclic) bond motifs is 5. The zero-order valence-corrected chi connectivity index (χ0v) is 31.1. The van der Waals surface area contributed by atoms with Gasteiger partial charge in [0.25, 0.3) is 0 Å². The lowest BCUT2D eigenvalue weighted by Crippen LogP contribution is -2.55. The molecule has 58 heavy (non-hydrogen) atoms. The molecule has 0 aliphatic rings. The van der Waals surface area contributed by atoms with Gasteiger partial charge in [-0.1, -0.05) is 112 Å². The first kappa shape index (κ1) is 38.4. The van der Waals surface area contributed by atoms with Gasteiger partial charge < -0.3 is 4.42 Å². The number of furan rings is 1. The van der Waals surface area contributed by atoms with Gasteiger partial charge in [-0.3, -0.25) is 0 Å². The quantitative estimate of drug-likeness (QED) is 0.140. The van der Waals surface area contributed by atoms with Crippen LogP contribution in [-0.4, -0.2) is 102 Å². The van der Waals surface area contributed by atoms with Crippen LogP contribution in [-0.2, 0) is 0 Å². The number of hydrogen-bond acceptors (Lipinski definition) is 1. The van der Waals surface area contributed by atoms with Gasteiger partial charge in [-0.2, -0.15) is 0 Å². The Bertz CT molecular complexity index is 3140. The molecule has 9 rings (SSSR count). The molecule has 1 heterocycles. The predicted octanol–water partition coefficient (Wildman–Crippen LogP) is -3.12. The monoisotopic (exact) mass is 702 g/mol. The van der Waals surface area contributed by atoms with Gasteiger partial charge in [0.1, 0.15) is 113 Å². The van der Waals surface area contributed by atoms with Crippen LogP contribution in [0.25, 0.3) is 88.0 Å². The molecular weight excluding hydrogens is 685 g/mol. The second kappa shape index (κ2) is 14.0. The molecule has 0 unspecified atom stereocenters. The van der Waals surface area contributed by atoms with Crippen LogP contribution in [0.2, 0.25) is 0 Å². The Morgan fingerprint density at radius 2 is 0.672 bits per heavy atom. The van der Waals surface area contributed by atoms with E-state index in [9.17, 15) is 0 Å². The maximum atomic E-state index is 6.96. The molecule has 0 atom stereocenters. The van der Waals surface area contributed by atoms with Crippen LogP contribution in [0.4, 0.5) is 0 Å². The third kappa shape index (κ3) is 5.43.